The molecule has 2 bridgehead atoms. The predicted molar refractivity (Wildman–Crippen MR) is 236 cm³/mol. The summed E-state index contributed by atoms with van der Waals surface area (Å²) >= 11 is 0. The van der Waals surface area contributed by atoms with Gasteiger partial charge in [-0.1, -0.05) is 148 Å². The molecule has 0 aromatic rings. The zero-order valence-electron chi connectivity index (χ0n) is 40.1. The van der Waals surface area contributed by atoms with Crippen molar-refractivity contribution in [2.24, 2.45) is 21.7 Å². The van der Waals surface area contributed by atoms with E-state index in [2.05, 4.69) is 83.1 Å². The third-order valence-electron chi connectivity index (χ3n) is 9.62. The van der Waals surface area contributed by atoms with E-state index in [1.165, 1.54) is 35.5 Å². The molecule has 0 aliphatic carbocycles. The van der Waals surface area contributed by atoms with Crippen LogP contribution < -0.4 is 0 Å². The molecule has 63 heavy (non-hydrogen) atoms. The quantitative estimate of drug-likeness (QED) is 0.198. The fraction of sp³-hybridized carbons (Fsp3) is 0.875. The van der Waals surface area contributed by atoms with Crippen molar-refractivity contribution < 1.29 is 169 Å². The molecule has 2 aliphatic heterocycles. The van der Waals surface area contributed by atoms with Crippen LogP contribution in [-0.2, 0) is 169 Å². The first kappa shape index (κ1) is 80.8. The Morgan fingerprint density at radius 1 is 0.302 bits per heavy atom. The average Bonchev–Trinajstić information content (AvgIpc) is 3.04. The maximum Gasteiger partial charge on any atom is 0.0700 e. The molecule has 2 fully saturated rings. The van der Waals surface area contributed by atoms with Crippen LogP contribution in [0.3, 0.4) is 0 Å². The van der Waals surface area contributed by atoms with Crippen LogP contribution in [0, 0.1) is 57.2 Å². The van der Waals surface area contributed by atoms with Crippen molar-refractivity contribution in [2.45, 2.75) is 136 Å². The van der Waals surface area contributed by atoms with Gasteiger partial charge in [0.2, 0.25) is 0 Å². The summed E-state index contributed by atoms with van der Waals surface area (Å²) in [5.74, 6) is 8.12. The minimum atomic E-state index is -0.0268. The van der Waals surface area contributed by atoms with E-state index in [1.807, 2.05) is 0 Å². The van der Waals surface area contributed by atoms with Gasteiger partial charge in [0, 0.05) is 126 Å². The molecule has 2 heterocycles. The van der Waals surface area contributed by atoms with Crippen molar-refractivity contribution in [3.8, 4) is 0 Å². The summed E-state index contributed by atoms with van der Waals surface area (Å²) in [6.07, 6.45) is 5.32. The zero-order chi connectivity index (χ0) is 40.8. The van der Waals surface area contributed by atoms with Crippen molar-refractivity contribution in [2.75, 3.05) is 119 Å². The summed E-state index contributed by atoms with van der Waals surface area (Å²) in [4.78, 5) is 0. The van der Waals surface area contributed by atoms with Crippen LogP contribution in [0.4, 0.5) is 0 Å². The Morgan fingerprint density at radius 2 is 0.524 bits per heavy atom. The number of hydrogen-bond acceptors (Lipinski definition) is 9. The van der Waals surface area contributed by atoms with E-state index in [4.69, 9.17) is 42.6 Å². The minimum Gasteiger partial charge on any atom is -0.411 e. The molecule has 380 valence electrons. The maximum atomic E-state index is 6.31. The van der Waals surface area contributed by atoms with Gasteiger partial charge in [-0.05, 0) is 0 Å². The Hall–Kier alpha value is 3.77. The van der Waals surface area contributed by atoms with Gasteiger partial charge in [0.25, 0.3) is 0 Å². The summed E-state index contributed by atoms with van der Waals surface area (Å²) < 4.78 is 55.6. The molecule has 2 aliphatic rings. The van der Waals surface area contributed by atoms with E-state index >= 15 is 0 Å². The van der Waals surface area contributed by atoms with E-state index < -0.39 is 0 Å². The van der Waals surface area contributed by atoms with Crippen molar-refractivity contribution in [3.05, 3.63) is 35.5 Å². The Labute approximate surface area is 476 Å². The van der Waals surface area contributed by atoms with Crippen LogP contribution in [0.5, 0.6) is 0 Å². The molecule has 0 aromatic carbocycles. The van der Waals surface area contributed by atoms with Crippen molar-refractivity contribution in [1.29, 1.82) is 0 Å². The van der Waals surface area contributed by atoms with Gasteiger partial charge in [0.15, 0.2) is 0 Å². The second-order valence-corrected chi connectivity index (χ2v) is 20.0. The first-order valence-electron chi connectivity index (χ1n) is 21.1. The first-order valence-corrected chi connectivity index (χ1v) is 21.1. The zero-order valence-corrected chi connectivity index (χ0v) is 57.7. The van der Waals surface area contributed by atoms with Crippen molar-refractivity contribution in [3.63, 3.8) is 0 Å². The van der Waals surface area contributed by atoms with Gasteiger partial charge >= 0.3 is 0 Å². The summed E-state index contributed by atoms with van der Waals surface area (Å²) in [6, 6.07) is 0. The van der Waals surface area contributed by atoms with Gasteiger partial charge in [-0.2, -0.15) is 23.7 Å². The Balaban J connectivity index is -0.000000784. The molecule has 2 rings (SSSR count). The molecule has 0 spiro atoms. The summed E-state index contributed by atoms with van der Waals surface area (Å²) in [7, 11) is 0. The maximum absolute atomic E-state index is 6.31. The molecule has 0 amide bonds. The summed E-state index contributed by atoms with van der Waals surface area (Å²) in [5, 5.41) is 0. The van der Waals surface area contributed by atoms with E-state index in [9.17, 15) is 0 Å². The largest absolute Gasteiger partial charge is 0.411 e. The molecule has 0 aromatic heterocycles. The molecule has 2 saturated heterocycles. The van der Waals surface area contributed by atoms with E-state index in [0.29, 0.717) is 119 Å². The Bertz CT molecular complexity index is 889. The van der Waals surface area contributed by atoms with E-state index in [0.717, 1.165) is 38.5 Å². The molecular weight excluding hydrogens is 1820 g/mol. The van der Waals surface area contributed by atoms with Crippen LogP contribution in [0.1, 0.15) is 136 Å². The topological polar surface area (TPSA) is 83.1 Å². The Kier molecular flexibility index (Phi) is 57.1. The fourth-order valence-electron chi connectivity index (χ4n) is 6.80. The third-order valence-corrected chi connectivity index (χ3v) is 9.62. The van der Waals surface area contributed by atoms with Gasteiger partial charge in [-0.15, -0.1) is 0 Å². The standard InChI is InChI=1S/C46H84O9.2CH4.6W/c1-43(2,3)29-39-25-37-27-41(45(7,8)9)35-54-23-17-49-18-24-55-36-42(46(10,11)12)28-38(32-51-20-14-47-13-19-50-31-37)26-40(30-44(4,5)6)34-53-22-16-48-15-21-52-33-39;;;;;;;;/h13-36H2,1-12H3;2*1H4;;;;;;/q-6;;;;;;;;. The van der Waals surface area contributed by atoms with Crippen LogP contribution in [0.25, 0.3) is 0 Å². The molecule has 0 radical (unpaired) electrons. The van der Waals surface area contributed by atoms with Gasteiger partial charge in [-0.25, -0.2) is 0 Å². The molecule has 0 N–H and O–H groups in total. The number of fused-ring (bicyclic) bond motifs is 10. The molecule has 15 heteroatoms. The number of ether oxygens (including phenoxy) is 9. The summed E-state index contributed by atoms with van der Waals surface area (Å²) in [5.41, 5.74) is 0.214. The SMILES string of the molecule is C.C.CC(C)(C)C[C-]1COCCOCCOC[C-](CC(C)(C)C)C[C-]2COCCOCCOC[C-](C1)C[C-](C(C)(C)C)COCCOCCOC[C-](C(C)(C)C)C2.[W].[W].[W].[W].[W].[W]. The van der Waals surface area contributed by atoms with E-state index in [1.54, 1.807) is 0 Å². The average molecular weight is 1920 g/mol. The minimum absolute atomic E-state index is 0. The molecule has 0 unspecified atom stereocenters. The smallest absolute Gasteiger partial charge is 0.0700 e. The van der Waals surface area contributed by atoms with Crippen LogP contribution in [0.2, 0.25) is 0 Å². The Morgan fingerprint density at radius 3 is 0.762 bits per heavy atom. The number of hydrogen-bond donors (Lipinski definition) is 0. The molecule has 0 atom stereocenters. The molecule has 0 saturated carbocycles. The molecular formula is C48H92O9W6-6. The fourth-order valence-corrected chi connectivity index (χ4v) is 6.80. The van der Waals surface area contributed by atoms with Gasteiger partial charge < -0.3 is 104 Å². The van der Waals surface area contributed by atoms with Gasteiger partial charge in [0.05, 0.1) is 79.3 Å². The summed E-state index contributed by atoms with van der Waals surface area (Å²) in [6.45, 7) is 37.3. The second-order valence-electron chi connectivity index (χ2n) is 20.0. The first-order chi connectivity index (χ1) is 25.8. The second kappa shape index (κ2) is 44.5. The molecule has 9 nitrogen and oxygen atoms in total. The van der Waals surface area contributed by atoms with Crippen molar-refractivity contribution >= 4 is 0 Å². The van der Waals surface area contributed by atoms with Crippen LogP contribution >= 0.6 is 0 Å². The van der Waals surface area contributed by atoms with Gasteiger partial charge in [-0.3, -0.25) is 0 Å². The van der Waals surface area contributed by atoms with Gasteiger partial charge in [0.1, 0.15) is 0 Å². The van der Waals surface area contributed by atoms with Crippen LogP contribution in [0.15, 0.2) is 0 Å². The third kappa shape index (κ3) is 44.2. The van der Waals surface area contributed by atoms with Crippen molar-refractivity contribution in [1.82, 2.24) is 0 Å². The predicted octanol–water partition coefficient (Wildman–Crippen LogP) is 10.4. The number of rotatable bonds is 2. The monoisotopic (exact) mass is 1920 g/mol. The van der Waals surface area contributed by atoms with Crippen LogP contribution in [-0.4, -0.2) is 119 Å². The van der Waals surface area contributed by atoms with E-state index in [-0.39, 0.29) is 163 Å². The normalized spacial score (nSPS) is 21.0.